The molecule has 0 atom stereocenters. The molecule has 1 nitrogen and oxygen atoms in total. The van der Waals surface area contributed by atoms with Crippen molar-refractivity contribution in [2.45, 2.75) is 59.3 Å². The van der Waals surface area contributed by atoms with Crippen molar-refractivity contribution in [2.24, 2.45) is 0 Å². The zero-order valence-corrected chi connectivity index (χ0v) is 9.15. The van der Waals surface area contributed by atoms with Gasteiger partial charge in [-0.1, -0.05) is 39.5 Å². The first kappa shape index (κ1) is 14.8. The summed E-state index contributed by atoms with van der Waals surface area (Å²) in [4.78, 5) is 10.0. The van der Waals surface area contributed by atoms with Gasteiger partial charge in [-0.25, -0.2) is 0 Å². The van der Waals surface area contributed by atoms with Crippen molar-refractivity contribution in [3.8, 4) is 0 Å². The Morgan fingerprint density at radius 3 is 1.50 bits per heavy atom. The van der Waals surface area contributed by atoms with Crippen molar-refractivity contribution in [1.82, 2.24) is 0 Å². The quantitative estimate of drug-likeness (QED) is 0.451. The summed E-state index contributed by atoms with van der Waals surface area (Å²) in [5.41, 5.74) is 0. The van der Waals surface area contributed by atoms with Crippen LogP contribution in [0.4, 0.5) is 0 Å². The van der Waals surface area contributed by atoms with E-state index in [1.807, 2.05) is 6.92 Å². The van der Waals surface area contributed by atoms with Crippen LogP contribution in [0.3, 0.4) is 0 Å². The van der Waals surface area contributed by atoms with Gasteiger partial charge in [0.05, 0.1) is 0 Å². The maximum absolute atomic E-state index is 10.0. The molecule has 0 bridgehead atoms. The van der Waals surface area contributed by atoms with E-state index < -0.39 is 0 Å². The van der Waals surface area contributed by atoms with Crippen molar-refractivity contribution in [2.75, 3.05) is 0 Å². The third-order valence-corrected chi connectivity index (χ3v) is 1.56. The van der Waals surface area contributed by atoms with Crippen LogP contribution < -0.4 is 0 Å². The second kappa shape index (κ2) is 13.8. The molecule has 0 aliphatic rings. The minimum absolute atomic E-state index is 0.289. The first-order valence-electron chi connectivity index (χ1n) is 5.18. The molecule has 68 valence electrons. The van der Waals surface area contributed by atoms with E-state index in [2.05, 4.69) is 13.8 Å². The van der Waals surface area contributed by atoms with Gasteiger partial charge in [0.1, 0.15) is 0 Å². The molecule has 12 heavy (non-hydrogen) atoms. The van der Waals surface area contributed by atoms with Crippen LogP contribution in [0.5, 0.6) is 0 Å². The van der Waals surface area contributed by atoms with Gasteiger partial charge >= 0.3 is 46.7 Å². The monoisotopic (exact) mass is 164 g/mol. The molecule has 0 aliphatic carbocycles. The summed E-state index contributed by atoms with van der Waals surface area (Å²) in [6.07, 6.45) is 7.25. The van der Waals surface area contributed by atoms with Crippen LogP contribution in [0.15, 0.2) is 0 Å². The predicted octanol–water partition coefficient (Wildman–Crippen LogP) is 3.07. The van der Waals surface area contributed by atoms with E-state index in [0.29, 0.717) is 0 Å². The van der Waals surface area contributed by atoms with Crippen molar-refractivity contribution in [3.05, 3.63) is 0 Å². The van der Waals surface area contributed by atoms with Crippen molar-refractivity contribution < 1.29 is 4.79 Å². The average Bonchev–Trinajstić information content (AvgIpc) is 2.02. The summed E-state index contributed by atoms with van der Waals surface area (Å²) < 4.78 is 0.289. The summed E-state index contributed by atoms with van der Waals surface area (Å²) in [5, 5.41) is 0. The van der Waals surface area contributed by atoms with E-state index >= 15 is 0 Å². The third kappa shape index (κ3) is 22.4. The predicted molar refractivity (Wildman–Crippen MR) is 55.5 cm³/mol. The number of carbonyl (C=O) groups is 1. The Kier molecular flexibility index (Phi) is 17.0. The van der Waals surface area contributed by atoms with E-state index in [1.54, 1.807) is 17.7 Å². The minimum atomic E-state index is 0.289. The Balaban J connectivity index is 0. The zero-order chi connectivity index (χ0) is 9.82. The second-order valence-corrected chi connectivity index (χ2v) is 3.16. The van der Waals surface area contributed by atoms with E-state index in [0.717, 1.165) is 12.8 Å². The molecule has 0 saturated heterocycles. The number of unbranched alkanes of at least 4 members (excludes halogenated alkanes) is 3. The number of hydrogen-bond donors (Lipinski definition) is 0. The molecule has 0 saturated carbocycles. The molecule has 0 amide bonds. The summed E-state index contributed by atoms with van der Waals surface area (Å²) >= 11 is 1.61. The summed E-state index contributed by atoms with van der Waals surface area (Å²) in [5.74, 6) is 0. The average molecular weight is 164 g/mol. The molecule has 0 aromatic heterocycles. The summed E-state index contributed by atoms with van der Waals surface area (Å²) in [6, 6.07) is 0. The van der Waals surface area contributed by atoms with Crippen LogP contribution in [0.25, 0.3) is 0 Å². The first-order chi connectivity index (χ1) is 5.68. The van der Waals surface area contributed by atoms with Crippen LogP contribution in [0, 0.1) is 0 Å². The molecule has 0 spiro atoms. The number of rotatable bonds is 5. The fourth-order valence-corrected chi connectivity index (χ4v) is 0.852. The third-order valence-electron chi connectivity index (χ3n) is 1.56. The van der Waals surface area contributed by atoms with Gasteiger partial charge in [0.2, 0.25) is 0 Å². The van der Waals surface area contributed by atoms with Crippen molar-refractivity contribution in [3.63, 3.8) is 0 Å². The molecular formula is C10H21LiO. The van der Waals surface area contributed by atoms with Gasteiger partial charge < -0.3 is 0 Å². The Bertz CT molecular complexity index is 87.8. The van der Waals surface area contributed by atoms with Gasteiger partial charge in [0, 0.05) is 0 Å². The maximum atomic E-state index is 10.0. The zero-order valence-electron chi connectivity index (χ0n) is 9.15. The Labute approximate surface area is 86.5 Å². The summed E-state index contributed by atoms with van der Waals surface area (Å²) in [6.45, 7) is 6.46. The van der Waals surface area contributed by atoms with Crippen LogP contribution >= 0.6 is 0 Å². The van der Waals surface area contributed by atoms with Crippen molar-refractivity contribution >= 4 is 22.2 Å². The molecule has 0 aliphatic heterocycles. The van der Waals surface area contributed by atoms with Crippen LogP contribution in [-0.2, 0) is 4.79 Å². The molecule has 0 rings (SSSR count). The fourth-order valence-electron chi connectivity index (χ4n) is 0.852. The fraction of sp³-hybridized carbons (Fsp3) is 0.900. The first-order valence-corrected chi connectivity index (χ1v) is 5.18. The molecule has 0 N–H and O–H groups in total. The van der Waals surface area contributed by atoms with Crippen LogP contribution in [0.2, 0.25) is 0 Å². The standard InChI is InChI=1S/C6H14.C4H7O.Li/c1-3-5-6-4-2;1-2-3-4-5;/h3-6H2,1-2H3;2-3H2,1H3;. The van der Waals surface area contributed by atoms with Crippen LogP contribution in [-0.4, -0.2) is 22.2 Å². The number of carbonyl (C=O) groups excluding carboxylic acids is 1. The van der Waals surface area contributed by atoms with Gasteiger partial charge in [-0.2, -0.15) is 0 Å². The Morgan fingerprint density at radius 1 is 1.00 bits per heavy atom. The van der Waals surface area contributed by atoms with Gasteiger partial charge in [-0.15, -0.1) is 0 Å². The van der Waals surface area contributed by atoms with E-state index in [9.17, 15) is 4.79 Å². The van der Waals surface area contributed by atoms with E-state index in [1.165, 1.54) is 25.7 Å². The number of hydrogen-bond acceptors (Lipinski definition) is 1. The molecule has 0 aromatic carbocycles. The van der Waals surface area contributed by atoms with E-state index in [4.69, 9.17) is 0 Å². The normalized spacial score (nSPS) is 8.75. The summed E-state index contributed by atoms with van der Waals surface area (Å²) in [7, 11) is 0. The second-order valence-electron chi connectivity index (χ2n) is 3.16. The van der Waals surface area contributed by atoms with Gasteiger partial charge in [0.25, 0.3) is 0 Å². The van der Waals surface area contributed by atoms with Crippen molar-refractivity contribution in [1.29, 1.82) is 0 Å². The Morgan fingerprint density at radius 2 is 1.42 bits per heavy atom. The van der Waals surface area contributed by atoms with Gasteiger partial charge in [-0.3, -0.25) is 0 Å². The van der Waals surface area contributed by atoms with E-state index in [-0.39, 0.29) is 4.46 Å². The molecule has 0 aromatic rings. The molecule has 0 fully saturated rings. The van der Waals surface area contributed by atoms with Crippen LogP contribution in [0.1, 0.15) is 59.3 Å². The van der Waals surface area contributed by atoms with Gasteiger partial charge in [-0.05, 0) is 0 Å². The Hall–Kier alpha value is 0.267. The molecule has 2 heteroatoms. The SMILES string of the molecule is CCCCCC.[Li][C](=O)CCC. The van der Waals surface area contributed by atoms with Gasteiger partial charge in [0.15, 0.2) is 0 Å². The molecule has 0 radical (unpaired) electrons. The molecule has 0 heterocycles. The topological polar surface area (TPSA) is 17.1 Å². The molecular weight excluding hydrogens is 143 g/mol. The molecule has 0 unspecified atom stereocenters.